The number of benzene rings is 2. The molecule has 0 spiro atoms. The number of hydrogen-bond acceptors (Lipinski definition) is 8. The van der Waals surface area contributed by atoms with Gasteiger partial charge in [-0.25, -0.2) is 4.98 Å². The van der Waals surface area contributed by atoms with Gasteiger partial charge in [-0.2, -0.15) is 0 Å². The quantitative estimate of drug-likeness (QED) is 0.341. The fraction of sp³-hybridized carbons (Fsp3) is 0.440. The summed E-state index contributed by atoms with van der Waals surface area (Å²) < 4.78 is 17.3. The number of thiazole rings is 1. The number of carbonyl (C=O) groups is 1. The van der Waals surface area contributed by atoms with Crippen LogP contribution in [-0.4, -0.2) is 75.2 Å². The fourth-order valence-electron chi connectivity index (χ4n) is 3.88. The molecule has 0 saturated carbocycles. The number of aromatic nitrogens is 1. The minimum Gasteiger partial charge on any atom is -0.497 e. The highest BCUT2D eigenvalue weighted by molar-refractivity contribution is 8.00. The average molecular weight is 538 g/mol. The van der Waals surface area contributed by atoms with E-state index in [-0.39, 0.29) is 18.3 Å². The third-order valence-corrected chi connectivity index (χ3v) is 8.04. The van der Waals surface area contributed by atoms with Crippen molar-refractivity contribution in [1.82, 2.24) is 9.88 Å². The molecule has 0 aliphatic carbocycles. The summed E-state index contributed by atoms with van der Waals surface area (Å²) in [5.74, 6) is 1.93. The summed E-state index contributed by atoms with van der Waals surface area (Å²) in [6.45, 7) is 7.06. The van der Waals surface area contributed by atoms with Gasteiger partial charge >= 0.3 is 0 Å². The monoisotopic (exact) mass is 537 g/mol. The fourth-order valence-corrected chi connectivity index (χ4v) is 5.75. The molecule has 0 atom stereocenters. The molecule has 1 aliphatic rings. The Kier molecular flexibility index (Phi) is 10.5. The predicted octanol–water partition coefficient (Wildman–Crippen LogP) is 4.89. The second-order valence-electron chi connectivity index (χ2n) is 8.08. The maximum atomic E-state index is 13.4. The molecule has 0 N–H and O–H groups in total. The Morgan fingerprint density at radius 1 is 1.14 bits per heavy atom. The van der Waals surface area contributed by atoms with Crippen LogP contribution in [0.1, 0.15) is 12.0 Å². The van der Waals surface area contributed by atoms with Crippen molar-refractivity contribution >= 4 is 56.8 Å². The molecule has 35 heavy (non-hydrogen) atoms. The molecule has 0 unspecified atom stereocenters. The SMILES string of the molecule is COc1ccc(SCC(=O)N(CCCN2CCOCC2)c2nc3c(OC)ccc(C)c3s2)cc1.Cl. The van der Waals surface area contributed by atoms with Crippen molar-refractivity contribution in [1.29, 1.82) is 0 Å². The Labute approximate surface area is 221 Å². The predicted molar refractivity (Wildman–Crippen MR) is 146 cm³/mol. The molecule has 1 fully saturated rings. The number of nitrogens with zero attached hydrogens (tertiary/aromatic N) is 3. The Hall–Kier alpha value is -2.04. The van der Waals surface area contributed by atoms with Crippen LogP contribution < -0.4 is 14.4 Å². The topological polar surface area (TPSA) is 64.1 Å². The Morgan fingerprint density at radius 3 is 2.57 bits per heavy atom. The van der Waals surface area contributed by atoms with Crippen LogP contribution in [0.15, 0.2) is 41.3 Å². The molecule has 1 aromatic heterocycles. The highest BCUT2D eigenvalue weighted by Crippen LogP contribution is 2.37. The molecular weight excluding hydrogens is 506 g/mol. The minimum absolute atomic E-state index is 0. The van der Waals surface area contributed by atoms with Gasteiger partial charge in [0.1, 0.15) is 17.0 Å². The van der Waals surface area contributed by atoms with E-state index in [1.165, 1.54) is 11.8 Å². The highest BCUT2D eigenvalue weighted by Gasteiger charge is 2.22. The van der Waals surface area contributed by atoms with E-state index >= 15 is 0 Å². The molecule has 190 valence electrons. The van der Waals surface area contributed by atoms with Gasteiger partial charge in [0.25, 0.3) is 0 Å². The zero-order valence-electron chi connectivity index (χ0n) is 20.3. The molecular formula is C25H32ClN3O4S2. The van der Waals surface area contributed by atoms with E-state index in [9.17, 15) is 4.79 Å². The van der Waals surface area contributed by atoms with E-state index < -0.39 is 0 Å². The van der Waals surface area contributed by atoms with E-state index in [1.54, 1.807) is 25.6 Å². The second kappa shape index (κ2) is 13.3. The molecule has 3 aromatic rings. The van der Waals surface area contributed by atoms with Gasteiger partial charge in [0.2, 0.25) is 5.91 Å². The lowest BCUT2D eigenvalue weighted by atomic mass is 10.2. The van der Waals surface area contributed by atoms with Gasteiger partial charge < -0.3 is 14.2 Å². The van der Waals surface area contributed by atoms with E-state index in [1.807, 2.05) is 41.3 Å². The van der Waals surface area contributed by atoms with E-state index in [2.05, 4.69) is 11.8 Å². The van der Waals surface area contributed by atoms with E-state index in [0.717, 1.165) is 76.6 Å². The van der Waals surface area contributed by atoms with Crippen LogP contribution >= 0.6 is 35.5 Å². The van der Waals surface area contributed by atoms with Crippen LogP contribution in [0.5, 0.6) is 11.5 Å². The number of ether oxygens (including phenoxy) is 3. The van der Waals surface area contributed by atoms with Crippen molar-refractivity contribution in [2.45, 2.75) is 18.2 Å². The third kappa shape index (κ3) is 7.01. The van der Waals surface area contributed by atoms with Gasteiger partial charge in [0.05, 0.1) is 37.9 Å². The number of morpholine rings is 1. The first-order chi connectivity index (χ1) is 16.6. The van der Waals surface area contributed by atoms with Gasteiger partial charge in [-0.05, 0) is 49.2 Å². The molecule has 1 aliphatic heterocycles. The Balaban J connectivity index is 0.00000342. The second-order valence-corrected chi connectivity index (χ2v) is 10.1. The van der Waals surface area contributed by atoms with Gasteiger partial charge in [0.15, 0.2) is 5.13 Å². The number of rotatable bonds is 10. The van der Waals surface area contributed by atoms with Crippen LogP contribution in [0.4, 0.5) is 5.13 Å². The molecule has 1 amide bonds. The number of fused-ring (bicyclic) bond motifs is 1. The molecule has 10 heteroatoms. The normalized spacial score (nSPS) is 13.9. The van der Waals surface area contributed by atoms with Gasteiger partial charge in [-0.3, -0.25) is 14.6 Å². The number of methoxy groups -OCH3 is 2. The molecule has 2 aromatic carbocycles. The molecule has 7 nitrogen and oxygen atoms in total. The molecule has 4 rings (SSSR count). The smallest absolute Gasteiger partial charge is 0.239 e. The largest absolute Gasteiger partial charge is 0.497 e. The van der Waals surface area contributed by atoms with Crippen LogP contribution in [0.25, 0.3) is 10.2 Å². The van der Waals surface area contributed by atoms with Gasteiger partial charge in [-0.1, -0.05) is 17.4 Å². The van der Waals surface area contributed by atoms with Crippen molar-refractivity contribution in [3.8, 4) is 11.5 Å². The first kappa shape index (κ1) is 27.5. The van der Waals surface area contributed by atoms with Crippen LogP contribution in [-0.2, 0) is 9.53 Å². The van der Waals surface area contributed by atoms with Gasteiger partial charge in [-0.15, -0.1) is 24.2 Å². The minimum atomic E-state index is 0. The number of halogens is 1. The molecule has 1 saturated heterocycles. The first-order valence-electron chi connectivity index (χ1n) is 11.4. The summed E-state index contributed by atoms with van der Waals surface area (Å²) in [6, 6.07) is 11.8. The van der Waals surface area contributed by atoms with Gasteiger partial charge in [0, 0.05) is 31.1 Å². The van der Waals surface area contributed by atoms with Crippen LogP contribution in [0.2, 0.25) is 0 Å². The lowest BCUT2D eigenvalue weighted by Gasteiger charge is -2.27. The zero-order valence-corrected chi connectivity index (χ0v) is 22.8. The van der Waals surface area contributed by atoms with Crippen LogP contribution in [0.3, 0.4) is 0 Å². The van der Waals surface area contributed by atoms with Crippen molar-refractivity contribution < 1.29 is 19.0 Å². The molecule has 2 heterocycles. The van der Waals surface area contributed by atoms with E-state index in [0.29, 0.717) is 12.3 Å². The first-order valence-corrected chi connectivity index (χ1v) is 13.2. The average Bonchev–Trinajstić information content (AvgIpc) is 3.32. The van der Waals surface area contributed by atoms with Crippen LogP contribution in [0, 0.1) is 6.92 Å². The summed E-state index contributed by atoms with van der Waals surface area (Å²) in [6.07, 6.45) is 0.880. The third-order valence-electron chi connectivity index (χ3n) is 5.83. The number of aryl methyl sites for hydroxylation is 1. The maximum absolute atomic E-state index is 13.4. The number of thioether (sulfide) groups is 1. The number of carbonyl (C=O) groups excluding carboxylic acids is 1. The number of hydrogen-bond donors (Lipinski definition) is 0. The van der Waals surface area contributed by atoms with Crippen molar-refractivity contribution in [2.24, 2.45) is 0 Å². The molecule has 0 radical (unpaired) electrons. The highest BCUT2D eigenvalue weighted by atomic mass is 35.5. The zero-order chi connectivity index (χ0) is 23.9. The summed E-state index contributed by atoms with van der Waals surface area (Å²) in [5.41, 5.74) is 1.95. The number of amides is 1. The number of anilines is 1. The Morgan fingerprint density at radius 2 is 1.89 bits per heavy atom. The lowest BCUT2D eigenvalue weighted by Crippen LogP contribution is -2.39. The maximum Gasteiger partial charge on any atom is 0.239 e. The van der Waals surface area contributed by atoms with E-state index in [4.69, 9.17) is 19.2 Å². The van der Waals surface area contributed by atoms with Crippen molar-refractivity contribution in [2.75, 3.05) is 64.3 Å². The molecule has 0 bridgehead atoms. The summed E-state index contributed by atoms with van der Waals surface area (Å²) in [4.78, 5) is 23.5. The summed E-state index contributed by atoms with van der Waals surface area (Å²) >= 11 is 3.09. The Bertz CT molecular complexity index is 1100. The summed E-state index contributed by atoms with van der Waals surface area (Å²) in [5, 5.41) is 0.727. The van der Waals surface area contributed by atoms with Crippen molar-refractivity contribution in [3.63, 3.8) is 0 Å². The summed E-state index contributed by atoms with van der Waals surface area (Å²) in [7, 11) is 3.30. The standard InChI is InChI=1S/C25H31N3O4S2.ClH/c1-18-5-10-21(31-3)23-24(18)34-25(26-23)28(12-4-11-27-13-15-32-16-14-27)22(29)17-33-20-8-6-19(30-2)7-9-20;/h5-10H,4,11-17H2,1-3H3;1H. The van der Waals surface area contributed by atoms with Crippen molar-refractivity contribution in [3.05, 3.63) is 42.0 Å². The lowest BCUT2D eigenvalue weighted by molar-refractivity contribution is -0.116.